The SMILES string of the molecule is Cc1sc(-c2cc(C(F)(F)F)[nH]n2)cc1S(=O)(=O)NCCc1cnc[nH]1. The van der Waals surface area contributed by atoms with E-state index >= 15 is 0 Å². The van der Waals surface area contributed by atoms with Crippen molar-refractivity contribution in [1.29, 1.82) is 0 Å². The summed E-state index contributed by atoms with van der Waals surface area (Å²) >= 11 is 1.06. The van der Waals surface area contributed by atoms with Gasteiger partial charge in [0.1, 0.15) is 11.4 Å². The van der Waals surface area contributed by atoms with Gasteiger partial charge < -0.3 is 4.98 Å². The van der Waals surface area contributed by atoms with Gasteiger partial charge in [0.2, 0.25) is 10.0 Å². The van der Waals surface area contributed by atoms with Crippen molar-refractivity contribution in [3.63, 3.8) is 0 Å². The van der Waals surface area contributed by atoms with Crippen LogP contribution in [0.3, 0.4) is 0 Å². The zero-order valence-electron chi connectivity index (χ0n) is 13.4. The number of imidazole rings is 1. The fraction of sp³-hybridized carbons (Fsp3) is 0.286. The Hall–Kier alpha value is -2.18. The van der Waals surface area contributed by atoms with Gasteiger partial charge in [0.25, 0.3) is 0 Å². The molecule has 0 radical (unpaired) electrons. The van der Waals surface area contributed by atoms with Crippen LogP contribution < -0.4 is 4.72 Å². The molecule has 140 valence electrons. The Labute approximate surface area is 150 Å². The summed E-state index contributed by atoms with van der Waals surface area (Å²) in [4.78, 5) is 7.54. The van der Waals surface area contributed by atoms with Crippen LogP contribution in [0.4, 0.5) is 13.2 Å². The predicted molar refractivity (Wildman–Crippen MR) is 89.1 cm³/mol. The van der Waals surface area contributed by atoms with Gasteiger partial charge in [0, 0.05) is 29.7 Å². The van der Waals surface area contributed by atoms with E-state index in [0.717, 1.165) is 23.1 Å². The Bertz CT molecular complexity index is 990. The van der Waals surface area contributed by atoms with E-state index in [2.05, 4.69) is 19.8 Å². The summed E-state index contributed by atoms with van der Waals surface area (Å²) < 4.78 is 65.4. The highest BCUT2D eigenvalue weighted by Crippen LogP contribution is 2.35. The van der Waals surface area contributed by atoms with Crippen LogP contribution >= 0.6 is 11.3 Å². The number of aryl methyl sites for hydroxylation is 1. The molecule has 0 unspecified atom stereocenters. The summed E-state index contributed by atoms with van der Waals surface area (Å²) in [5.41, 5.74) is -0.156. The summed E-state index contributed by atoms with van der Waals surface area (Å²) in [5, 5.41) is 5.54. The van der Waals surface area contributed by atoms with E-state index in [1.165, 1.54) is 12.4 Å². The normalized spacial score (nSPS) is 12.6. The fourth-order valence-corrected chi connectivity index (χ4v) is 4.85. The lowest BCUT2D eigenvalue weighted by atomic mass is 10.3. The molecule has 26 heavy (non-hydrogen) atoms. The number of aromatic amines is 2. The number of H-pyrrole nitrogens is 2. The zero-order chi connectivity index (χ0) is 18.9. The maximum absolute atomic E-state index is 12.7. The highest BCUT2D eigenvalue weighted by atomic mass is 32.2. The molecule has 0 amide bonds. The minimum absolute atomic E-state index is 0.0265. The van der Waals surface area contributed by atoms with Gasteiger partial charge in [-0.15, -0.1) is 11.3 Å². The number of hydrogen-bond acceptors (Lipinski definition) is 5. The molecule has 0 saturated heterocycles. The lowest BCUT2D eigenvalue weighted by Gasteiger charge is -2.05. The average Bonchev–Trinajstić information content (AvgIpc) is 3.25. The Morgan fingerprint density at radius 3 is 2.69 bits per heavy atom. The number of nitrogens with zero attached hydrogens (tertiary/aromatic N) is 2. The number of thiophene rings is 1. The smallest absolute Gasteiger partial charge is 0.348 e. The molecule has 0 bridgehead atoms. The second-order valence-electron chi connectivity index (χ2n) is 5.42. The van der Waals surface area contributed by atoms with Crippen LogP contribution in [0.2, 0.25) is 0 Å². The van der Waals surface area contributed by atoms with Gasteiger partial charge in [-0.3, -0.25) is 5.10 Å². The van der Waals surface area contributed by atoms with Crippen LogP contribution in [-0.4, -0.2) is 35.1 Å². The first-order valence-corrected chi connectivity index (χ1v) is 9.67. The lowest BCUT2D eigenvalue weighted by molar-refractivity contribution is -0.141. The van der Waals surface area contributed by atoms with Crippen LogP contribution in [0.5, 0.6) is 0 Å². The molecule has 0 fully saturated rings. The maximum atomic E-state index is 12.7. The number of nitrogens with one attached hydrogen (secondary N) is 3. The zero-order valence-corrected chi connectivity index (χ0v) is 15.0. The van der Waals surface area contributed by atoms with E-state index in [1.807, 2.05) is 5.10 Å². The van der Waals surface area contributed by atoms with E-state index in [4.69, 9.17) is 0 Å². The summed E-state index contributed by atoms with van der Waals surface area (Å²) in [6.45, 7) is 1.75. The van der Waals surface area contributed by atoms with Crippen LogP contribution in [0.25, 0.3) is 10.6 Å². The van der Waals surface area contributed by atoms with E-state index in [9.17, 15) is 21.6 Å². The molecular weight excluding hydrogens is 391 g/mol. The molecule has 0 spiro atoms. The van der Waals surface area contributed by atoms with Gasteiger partial charge in [0.15, 0.2) is 0 Å². The van der Waals surface area contributed by atoms with Crippen LogP contribution in [-0.2, 0) is 22.6 Å². The quantitative estimate of drug-likeness (QED) is 0.587. The van der Waals surface area contributed by atoms with E-state index < -0.39 is 21.9 Å². The molecule has 7 nitrogen and oxygen atoms in total. The molecule has 3 heterocycles. The second kappa shape index (κ2) is 6.85. The molecule has 0 saturated carbocycles. The Morgan fingerprint density at radius 1 is 1.31 bits per heavy atom. The summed E-state index contributed by atoms with van der Waals surface area (Å²) in [5.74, 6) is 0. The monoisotopic (exact) mass is 405 g/mol. The molecular formula is C14H14F3N5O2S2. The topological polar surface area (TPSA) is 104 Å². The first-order valence-electron chi connectivity index (χ1n) is 7.37. The summed E-state index contributed by atoms with van der Waals surface area (Å²) in [6, 6.07) is 2.18. The minimum atomic E-state index is -4.54. The van der Waals surface area contributed by atoms with Gasteiger partial charge in [-0.25, -0.2) is 18.1 Å². The van der Waals surface area contributed by atoms with Gasteiger partial charge in [-0.1, -0.05) is 0 Å². The first-order chi connectivity index (χ1) is 12.2. The fourth-order valence-electron chi connectivity index (χ4n) is 2.27. The van der Waals surface area contributed by atoms with Gasteiger partial charge in [-0.2, -0.15) is 18.3 Å². The number of halogens is 3. The molecule has 3 N–H and O–H groups in total. The average molecular weight is 405 g/mol. The van der Waals surface area contributed by atoms with Crippen molar-refractivity contribution in [3.8, 4) is 10.6 Å². The standard InChI is InChI=1S/C14H14F3N5O2S2/c1-8-12(26(23,24)20-3-2-9-6-18-7-19-9)5-11(25-8)10-4-13(22-21-10)14(15,16)17/h4-7,20H,2-3H2,1H3,(H,18,19)(H,21,22). The molecule has 0 aliphatic carbocycles. The van der Waals surface area contributed by atoms with Crippen LogP contribution in [0, 0.1) is 6.92 Å². The lowest BCUT2D eigenvalue weighted by Crippen LogP contribution is -2.26. The van der Waals surface area contributed by atoms with Gasteiger partial charge in [0.05, 0.1) is 16.1 Å². The number of aromatic nitrogens is 4. The largest absolute Gasteiger partial charge is 0.432 e. The summed E-state index contributed by atoms with van der Waals surface area (Å²) in [7, 11) is -3.79. The van der Waals surface area contributed by atoms with Crippen molar-refractivity contribution in [2.24, 2.45) is 0 Å². The molecule has 3 aromatic rings. The number of hydrogen-bond donors (Lipinski definition) is 3. The molecule has 3 rings (SSSR count). The maximum Gasteiger partial charge on any atom is 0.432 e. The van der Waals surface area contributed by atoms with Gasteiger partial charge in [-0.05, 0) is 19.1 Å². The second-order valence-corrected chi connectivity index (χ2v) is 8.41. The van der Waals surface area contributed by atoms with Crippen LogP contribution in [0.1, 0.15) is 16.3 Å². The van der Waals surface area contributed by atoms with Crippen molar-refractivity contribution < 1.29 is 21.6 Å². The first kappa shape index (κ1) is 18.6. The summed E-state index contributed by atoms with van der Waals surface area (Å²) in [6.07, 6.45) is -1.01. The van der Waals surface area contributed by atoms with Crippen LogP contribution in [0.15, 0.2) is 29.6 Å². The predicted octanol–water partition coefficient (Wildman–Crippen LogP) is 2.71. The van der Waals surface area contributed by atoms with Crippen molar-refractivity contribution in [3.05, 3.63) is 40.9 Å². The number of sulfonamides is 1. The van der Waals surface area contributed by atoms with Gasteiger partial charge >= 0.3 is 6.18 Å². The number of rotatable bonds is 6. The molecule has 0 aromatic carbocycles. The van der Waals surface area contributed by atoms with Crippen molar-refractivity contribution in [2.75, 3.05) is 6.54 Å². The van der Waals surface area contributed by atoms with Crippen molar-refractivity contribution in [1.82, 2.24) is 24.9 Å². The van der Waals surface area contributed by atoms with E-state index in [-0.39, 0.29) is 17.1 Å². The Morgan fingerprint density at radius 2 is 2.08 bits per heavy atom. The third-order valence-corrected chi connectivity index (χ3v) is 6.33. The number of alkyl halides is 3. The van der Waals surface area contributed by atoms with Crippen molar-refractivity contribution in [2.45, 2.75) is 24.4 Å². The highest BCUT2D eigenvalue weighted by molar-refractivity contribution is 7.89. The molecule has 3 aromatic heterocycles. The Balaban J connectivity index is 1.77. The van der Waals surface area contributed by atoms with E-state index in [0.29, 0.717) is 16.2 Å². The molecule has 0 aliphatic rings. The molecule has 0 atom stereocenters. The van der Waals surface area contributed by atoms with E-state index in [1.54, 1.807) is 13.1 Å². The molecule has 12 heteroatoms. The minimum Gasteiger partial charge on any atom is -0.348 e. The third-order valence-electron chi connectivity index (χ3n) is 3.54. The van der Waals surface area contributed by atoms with Crippen molar-refractivity contribution >= 4 is 21.4 Å². The highest BCUT2D eigenvalue weighted by Gasteiger charge is 2.33. The molecule has 0 aliphatic heterocycles. The third kappa shape index (κ3) is 3.97. The Kier molecular flexibility index (Phi) is 4.90.